The molecular formula is C14H16N2OS. The zero-order chi connectivity index (χ0) is 13.3. The number of nitrogens with zero attached hydrogens (tertiary/aromatic N) is 1. The van der Waals surface area contributed by atoms with Gasteiger partial charge in [-0.15, -0.1) is 0 Å². The van der Waals surface area contributed by atoms with E-state index >= 15 is 0 Å². The maximum atomic E-state index is 11.1. The molecule has 1 heterocycles. The summed E-state index contributed by atoms with van der Waals surface area (Å²) in [4.78, 5) is 15.5. The minimum atomic E-state index is -0.245. The van der Waals surface area contributed by atoms with Gasteiger partial charge in [-0.2, -0.15) is 4.99 Å². The summed E-state index contributed by atoms with van der Waals surface area (Å²) in [7, 11) is 0. The Balaban J connectivity index is 2.24. The van der Waals surface area contributed by atoms with E-state index in [1.54, 1.807) is 0 Å². The number of hydrogen-bond acceptors (Lipinski definition) is 3. The van der Waals surface area contributed by atoms with Gasteiger partial charge in [0.05, 0.1) is 4.91 Å². The zero-order valence-corrected chi connectivity index (χ0v) is 11.5. The van der Waals surface area contributed by atoms with Crippen molar-refractivity contribution >= 4 is 28.9 Å². The molecule has 0 spiro atoms. The van der Waals surface area contributed by atoms with Gasteiger partial charge in [-0.3, -0.25) is 4.79 Å². The maximum absolute atomic E-state index is 11.1. The second-order valence-electron chi connectivity index (χ2n) is 5.25. The highest BCUT2D eigenvalue weighted by molar-refractivity contribution is 8.18. The van der Waals surface area contributed by atoms with Crippen LogP contribution in [0.25, 0.3) is 6.08 Å². The van der Waals surface area contributed by atoms with Crippen molar-refractivity contribution in [3.05, 3.63) is 40.3 Å². The Morgan fingerprint density at radius 1 is 1.22 bits per heavy atom. The predicted molar refractivity (Wildman–Crippen MR) is 77.7 cm³/mol. The molecule has 0 aliphatic carbocycles. The second-order valence-corrected chi connectivity index (χ2v) is 6.24. The first-order chi connectivity index (χ1) is 8.36. The number of aliphatic imine (C=N–C) groups is 1. The van der Waals surface area contributed by atoms with Crippen LogP contribution in [0.5, 0.6) is 0 Å². The van der Waals surface area contributed by atoms with Crippen molar-refractivity contribution in [2.24, 2.45) is 10.7 Å². The molecule has 0 saturated carbocycles. The van der Waals surface area contributed by atoms with Crippen molar-refractivity contribution in [2.45, 2.75) is 26.2 Å². The number of carbonyl (C=O) groups excluding carboxylic acids is 1. The van der Waals surface area contributed by atoms with E-state index in [2.05, 4.69) is 37.9 Å². The van der Waals surface area contributed by atoms with Crippen molar-refractivity contribution in [3.8, 4) is 0 Å². The third kappa shape index (κ3) is 2.82. The van der Waals surface area contributed by atoms with E-state index in [1.165, 1.54) is 5.56 Å². The van der Waals surface area contributed by atoms with E-state index in [0.717, 1.165) is 22.2 Å². The Hall–Kier alpha value is -1.55. The topological polar surface area (TPSA) is 55.5 Å². The number of benzene rings is 1. The molecule has 4 heteroatoms. The van der Waals surface area contributed by atoms with Crippen LogP contribution in [-0.4, -0.2) is 11.1 Å². The largest absolute Gasteiger partial charge is 0.383 e. The standard InChI is InChI=1S/C14H16N2OS/c1-14(2,3)10-6-4-9(5-7-10)8-11-12(15)16-13(17)18-11/h4-8H,1-3H3,(H2,15,16,17)/b11-8+. The minimum absolute atomic E-state index is 0.143. The number of thioether (sulfide) groups is 1. The lowest BCUT2D eigenvalue weighted by Gasteiger charge is -2.18. The molecule has 0 radical (unpaired) electrons. The fraction of sp³-hybridized carbons (Fsp3) is 0.286. The van der Waals surface area contributed by atoms with Crippen LogP contribution in [-0.2, 0) is 5.41 Å². The Bertz CT molecular complexity index is 536. The van der Waals surface area contributed by atoms with Gasteiger partial charge >= 0.3 is 5.24 Å². The van der Waals surface area contributed by atoms with Crippen LogP contribution in [0, 0.1) is 0 Å². The first kappa shape index (κ1) is 12.9. The molecule has 0 saturated heterocycles. The van der Waals surface area contributed by atoms with Crippen molar-refractivity contribution in [3.63, 3.8) is 0 Å². The van der Waals surface area contributed by atoms with E-state index in [4.69, 9.17) is 5.73 Å². The van der Waals surface area contributed by atoms with Gasteiger partial charge in [-0.25, -0.2) is 0 Å². The summed E-state index contributed by atoms with van der Waals surface area (Å²) in [6.45, 7) is 6.53. The van der Waals surface area contributed by atoms with Crippen LogP contribution < -0.4 is 5.73 Å². The van der Waals surface area contributed by atoms with Gasteiger partial charge in [0.25, 0.3) is 0 Å². The molecule has 0 fully saturated rings. The van der Waals surface area contributed by atoms with Crippen LogP contribution in [0.15, 0.2) is 34.2 Å². The van der Waals surface area contributed by atoms with Crippen LogP contribution in [0.4, 0.5) is 4.79 Å². The number of nitrogens with two attached hydrogens (primary N) is 1. The Labute approximate surface area is 111 Å². The lowest BCUT2D eigenvalue weighted by Crippen LogP contribution is -2.10. The van der Waals surface area contributed by atoms with E-state index in [9.17, 15) is 4.79 Å². The number of amides is 1. The minimum Gasteiger partial charge on any atom is -0.383 e. The zero-order valence-electron chi connectivity index (χ0n) is 10.7. The van der Waals surface area contributed by atoms with Crippen LogP contribution >= 0.6 is 11.8 Å². The molecule has 0 atom stereocenters. The third-order valence-electron chi connectivity index (χ3n) is 2.74. The summed E-state index contributed by atoms with van der Waals surface area (Å²) in [5.41, 5.74) is 8.10. The first-order valence-corrected chi connectivity index (χ1v) is 6.56. The summed E-state index contributed by atoms with van der Waals surface area (Å²) in [5.74, 6) is 0.310. The second kappa shape index (κ2) is 4.61. The average molecular weight is 260 g/mol. The molecule has 3 nitrogen and oxygen atoms in total. The van der Waals surface area contributed by atoms with Gasteiger partial charge in [0.1, 0.15) is 5.84 Å². The number of rotatable bonds is 1. The lowest BCUT2D eigenvalue weighted by atomic mass is 9.87. The van der Waals surface area contributed by atoms with Crippen molar-refractivity contribution < 1.29 is 4.79 Å². The Kier molecular flexibility index (Phi) is 3.30. The molecule has 1 aliphatic rings. The predicted octanol–water partition coefficient (Wildman–Crippen LogP) is 3.55. The van der Waals surface area contributed by atoms with Crippen LogP contribution in [0.3, 0.4) is 0 Å². The normalized spacial score (nSPS) is 18.3. The molecule has 0 bridgehead atoms. The van der Waals surface area contributed by atoms with Crippen LogP contribution in [0.1, 0.15) is 31.9 Å². The van der Waals surface area contributed by atoms with E-state index in [-0.39, 0.29) is 10.7 Å². The first-order valence-electron chi connectivity index (χ1n) is 5.75. The fourth-order valence-electron chi connectivity index (χ4n) is 1.66. The molecule has 0 aromatic heterocycles. The molecule has 2 N–H and O–H groups in total. The third-order valence-corrected chi connectivity index (χ3v) is 3.55. The maximum Gasteiger partial charge on any atom is 0.311 e. The van der Waals surface area contributed by atoms with Gasteiger partial charge in [0.2, 0.25) is 0 Å². The van der Waals surface area contributed by atoms with Gasteiger partial charge < -0.3 is 5.73 Å². The molecule has 18 heavy (non-hydrogen) atoms. The van der Waals surface area contributed by atoms with Gasteiger partial charge in [0.15, 0.2) is 0 Å². The lowest BCUT2D eigenvalue weighted by molar-refractivity contribution is 0.268. The molecule has 2 rings (SSSR count). The molecule has 1 amide bonds. The summed E-state index contributed by atoms with van der Waals surface area (Å²) in [6, 6.07) is 8.26. The van der Waals surface area contributed by atoms with Crippen molar-refractivity contribution in [1.29, 1.82) is 0 Å². The number of carbonyl (C=O) groups is 1. The van der Waals surface area contributed by atoms with E-state index in [1.807, 2.05) is 18.2 Å². The Morgan fingerprint density at radius 3 is 2.28 bits per heavy atom. The highest BCUT2D eigenvalue weighted by Gasteiger charge is 2.18. The van der Waals surface area contributed by atoms with Gasteiger partial charge in [-0.1, -0.05) is 45.0 Å². The smallest absolute Gasteiger partial charge is 0.311 e. The molecule has 94 valence electrons. The molecular weight excluding hydrogens is 244 g/mol. The van der Waals surface area contributed by atoms with E-state index in [0.29, 0.717) is 5.84 Å². The van der Waals surface area contributed by atoms with Gasteiger partial charge in [-0.05, 0) is 34.4 Å². The Morgan fingerprint density at radius 2 is 1.83 bits per heavy atom. The number of hydrogen-bond donors (Lipinski definition) is 1. The van der Waals surface area contributed by atoms with Crippen molar-refractivity contribution in [1.82, 2.24) is 0 Å². The summed E-state index contributed by atoms with van der Waals surface area (Å²) in [5, 5.41) is -0.245. The van der Waals surface area contributed by atoms with Crippen molar-refractivity contribution in [2.75, 3.05) is 0 Å². The van der Waals surface area contributed by atoms with Gasteiger partial charge in [0, 0.05) is 0 Å². The van der Waals surface area contributed by atoms with Crippen LogP contribution in [0.2, 0.25) is 0 Å². The summed E-state index contributed by atoms with van der Waals surface area (Å²) >= 11 is 1.07. The fourth-order valence-corrected chi connectivity index (χ4v) is 2.33. The molecule has 1 aromatic rings. The quantitative estimate of drug-likeness (QED) is 0.840. The molecule has 0 unspecified atom stereocenters. The average Bonchev–Trinajstić information content (AvgIpc) is 2.57. The highest BCUT2D eigenvalue weighted by atomic mass is 32.2. The number of amidine groups is 1. The SMILES string of the molecule is CC(C)(C)c1ccc(/C=C2/SC(=O)N=C2N)cc1. The molecule has 1 aliphatic heterocycles. The monoisotopic (exact) mass is 260 g/mol. The summed E-state index contributed by atoms with van der Waals surface area (Å²) < 4.78 is 0. The summed E-state index contributed by atoms with van der Waals surface area (Å²) in [6.07, 6.45) is 1.89. The van der Waals surface area contributed by atoms with E-state index < -0.39 is 0 Å². The highest BCUT2D eigenvalue weighted by Crippen LogP contribution is 2.28. The molecule has 1 aromatic carbocycles.